The summed E-state index contributed by atoms with van der Waals surface area (Å²) in [6, 6.07) is 0. The van der Waals surface area contributed by atoms with Crippen molar-refractivity contribution < 1.29 is 72.0 Å². The van der Waals surface area contributed by atoms with Crippen LogP contribution in [0, 0.1) is 0 Å². The van der Waals surface area contributed by atoms with Crippen molar-refractivity contribution in [1.29, 1.82) is 0 Å². The molecule has 0 amide bonds. The summed E-state index contributed by atoms with van der Waals surface area (Å²) in [5, 5.41) is 0. The summed E-state index contributed by atoms with van der Waals surface area (Å²) in [5.74, 6) is 0. The van der Waals surface area contributed by atoms with Gasteiger partial charge in [0.05, 0.1) is 0 Å². The molecule has 0 aliphatic rings. The van der Waals surface area contributed by atoms with Crippen LogP contribution < -0.4 is 49.6 Å². The van der Waals surface area contributed by atoms with Crippen LogP contribution in [0.5, 0.6) is 0 Å². The summed E-state index contributed by atoms with van der Waals surface area (Å²) in [7, 11) is 0. The monoisotopic (exact) mass is 338 g/mol. The average Bonchev–Trinajstić information content (AvgIpc) is 0. The SMILES string of the molecule is [198Au].[Cl-].[Cl-].[Cl-].[Cl-]. The standard InChI is InChI=1S/Au.4ClH/h;4*1H/p-4/i1+1;;;;. The van der Waals surface area contributed by atoms with Gasteiger partial charge < -0.3 is 49.6 Å². The molecule has 5 heavy (non-hydrogen) atoms. The first-order chi connectivity index (χ1) is 0. The fourth-order valence-corrected chi connectivity index (χ4v) is 0. The van der Waals surface area contributed by atoms with Crippen LogP contribution in [0.4, 0.5) is 0 Å². The van der Waals surface area contributed by atoms with Crippen molar-refractivity contribution in [1.82, 2.24) is 0 Å². The minimum atomic E-state index is 0. The minimum absolute atomic E-state index is 0. The third kappa shape index (κ3) is 24.9. The predicted molar refractivity (Wildman–Crippen MR) is 0 cm³/mol. The number of hydrogen-bond donors (Lipinski definition) is 0. The maximum absolute atomic E-state index is 0. The Morgan fingerprint density at radius 2 is 0.400 bits per heavy atom. The molecule has 0 atom stereocenters. The molecule has 5 heteroatoms. The molecule has 0 saturated carbocycles. The average molecular weight is 340 g/mol. The Balaban J connectivity index is 0. The van der Waals surface area contributed by atoms with E-state index < -0.39 is 0 Å². The first kappa shape index (κ1) is 66.5. The van der Waals surface area contributed by atoms with E-state index >= 15 is 0 Å². The van der Waals surface area contributed by atoms with Crippen LogP contribution in [0.15, 0.2) is 0 Å². The topological polar surface area (TPSA) is 0 Å². The maximum atomic E-state index is 0. The molecule has 0 aromatic heterocycles. The van der Waals surface area contributed by atoms with Crippen molar-refractivity contribution in [3.05, 3.63) is 0 Å². The third-order valence-electron chi connectivity index (χ3n) is 0. The number of rotatable bonds is 0. The van der Waals surface area contributed by atoms with Gasteiger partial charge in [-0.05, 0) is 0 Å². The zero-order valence-corrected chi connectivity index (χ0v) is 7.00. The molecule has 0 fully saturated rings. The Bertz CT molecular complexity index is 3.61. The van der Waals surface area contributed by atoms with E-state index in [1.165, 1.54) is 0 Å². The normalized spacial score (nSPS) is 0. The second kappa shape index (κ2) is 39.2. The fraction of sp³-hybridized carbons (Fsp3) is 0. The van der Waals surface area contributed by atoms with E-state index in [0.717, 1.165) is 0 Å². The van der Waals surface area contributed by atoms with Crippen molar-refractivity contribution in [2.24, 2.45) is 0 Å². The van der Waals surface area contributed by atoms with Gasteiger partial charge in [0.15, 0.2) is 0 Å². The first-order valence-corrected chi connectivity index (χ1v) is 0. The zero-order chi connectivity index (χ0) is 0. The molecule has 0 spiro atoms. The van der Waals surface area contributed by atoms with E-state index in [1.807, 2.05) is 0 Å². The molecule has 1 radical (unpaired) electrons. The Morgan fingerprint density at radius 1 is 0.400 bits per heavy atom. The summed E-state index contributed by atoms with van der Waals surface area (Å²) in [5.41, 5.74) is 0. The Morgan fingerprint density at radius 3 is 0.400 bits per heavy atom. The summed E-state index contributed by atoms with van der Waals surface area (Å²) >= 11 is 0. The Kier molecular flexibility index (Phi) is 522. The number of hydrogen-bond acceptors (Lipinski definition) is 0. The van der Waals surface area contributed by atoms with Gasteiger partial charge in [-0.1, -0.05) is 0 Å². The third-order valence-corrected chi connectivity index (χ3v) is 0. The van der Waals surface area contributed by atoms with Crippen molar-refractivity contribution in [2.75, 3.05) is 0 Å². The molecule has 0 aromatic carbocycles. The van der Waals surface area contributed by atoms with Crippen LogP contribution in [0.25, 0.3) is 0 Å². The summed E-state index contributed by atoms with van der Waals surface area (Å²) < 4.78 is 0. The van der Waals surface area contributed by atoms with Gasteiger partial charge in [0.1, 0.15) is 0 Å². The molecule has 0 unspecified atom stereocenters. The van der Waals surface area contributed by atoms with E-state index in [2.05, 4.69) is 0 Å². The zero-order valence-electron chi connectivity index (χ0n) is 1.81. The van der Waals surface area contributed by atoms with Gasteiger partial charge in [-0.15, -0.1) is 0 Å². The molecule has 0 aromatic rings. The summed E-state index contributed by atoms with van der Waals surface area (Å²) in [6.07, 6.45) is 0. The largest absolute Gasteiger partial charge is 1.00 e. The van der Waals surface area contributed by atoms with Crippen molar-refractivity contribution in [3.63, 3.8) is 0 Å². The van der Waals surface area contributed by atoms with E-state index in [9.17, 15) is 0 Å². The summed E-state index contributed by atoms with van der Waals surface area (Å²) in [6.45, 7) is 0. The van der Waals surface area contributed by atoms with Gasteiger partial charge in [-0.2, -0.15) is 0 Å². The van der Waals surface area contributed by atoms with Crippen LogP contribution >= 0.6 is 0 Å². The van der Waals surface area contributed by atoms with Gasteiger partial charge in [0.2, 0.25) is 0 Å². The van der Waals surface area contributed by atoms with Crippen LogP contribution in [0.2, 0.25) is 0 Å². The minimum Gasteiger partial charge on any atom is -1.00 e. The molecule has 0 aliphatic carbocycles. The quantitative estimate of drug-likeness (QED) is 0.385. The van der Waals surface area contributed by atoms with Gasteiger partial charge in [0, 0.05) is 22.4 Å². The van der Waals surface area contributed by atoms with Gasteiger partial charge in [-0.3, -0.25) is 0 Å². The molecular formula is AuCl4-4. The molecule has 0 heterocycles. The van der Waals surface area contributed by atoms with Crippen molar-refractivity contribution in [3.8, 4) is 0 Å². The van der Waals surface area contributed by atoms with E-state index in [1.54, 1.807) is 0 Å². The first-order valence-electron chi connectivity index (χ1n) is 0. The van der Waals surface area contributed by atoms with Crippen molar-refractivity contribution in [2.45, 2.75) is 0 Å². The second-order valence-electron chi connectivity index (χ2n) is 0. The Hall–Kier alpha value is 1.90. The molecule has 0 nitrogen and oxygen atoms in total. The maximum Gasteiger partial charge on any atom is 0 e. The van der Waals surface area contributed by atoms with Gasteiger partial charge in [0.25, 0.3) is 0 Å². The number of halogens is 4. The summed E-state index contributed by atoms with van der Waals surface area (Å²) in [4.78, 5) is 0. The van der Waals surface area contributed by atoms with E-state index in [0.29, 0.717) is 0 Å². The molecule has 0 N–H and O–H groups in total. The molecule has 43 valence electrons. The van der Waals surface area contributed by atoms with Crippen LogP contribution in [0.3, 0.4) is 0 Å². The molecule has 0 rings (SSSR count). The van der Waals surface area contributed by atoms with Gasteiger partial charge in [-0.25, -0.2) is 0 Å². The smallest absolute Gasteiger partial charge is 0 e. The fourth-order valence-electron chi connectivity index (χ4n) is 0. The molecular weight excluding hydrogens is 340 g/mol. The Labute approximate surface area is 71.6 Å². The second-order valence-corrected chi connectivity index (χ2v) is 0. The van der Waals surface area contributed by atoms with Crippen LogP contribution in [-0.4, -0.2) is 0 Å². The molecule has 0 saturated heterocycles. The van der Waals surface area contributed by atoms with Gasteiger partial charge >= 0.3 is 0 Å². The molecule has 0 aliphatic heterocycles. The predicted octanol–water partition coefficient (Wildman–Crippen LogP) is -12.0. The van der Waals surface area contributed by atoms with Crippen molar-refractivity contribution >= 4 is 0 Å². The molecule has 0 bridgehead atoms. The van der Waals surface area contributed by atoms with E-state index in [4.69, 9.17) is 0 Å². The van der Waals surface area contributed by atoms with E-state index in [-0.39, 0.29) is 72.0 Å². The van der Waals surface area contributed by atoms with Crippen LogP contribution in [0.1, 0.15) is 0 Å². The van der Waals surface area contributed by atoms with Crippen LogP contribution in [-0.2, 0) is 22.4 Å².